The highest BCUT2D eigenvalue weighted by atomic mass is 32.2. The maximum atomic E-state index is 11.2. The fourth-order valence-electron chi connectivity index (χ4n) is 1.64. The van der Waals surface area contributed by atoms with Crippen molar-refractivity contribution in [1.82, 2.24) is 9.97 Å². The first-order chi connectivity index (χ1) is 8.61. The van der Waals surface area contributed by atoms with Gasteiger partial charge in [-0.25, -0.2) is 9.97 Å². The van der Waals surface area contributed by atoms with Crippen molar-refractivity contribution in [3.05, 3.63) is 11.4 Å². The highest BCUT2D eigenvalue weighted by Crippen LogP contribution is 2.25. The van der Waals surface area contributed by atoms with Crippen LogP contribution in [0.1, 0.15) is 39.1 Å². The maximum Gasteiger partial charge on any atom is 0.138 e. The lowest BCUT2D eigenvalue weighted by molar-refractivity contribution is 0.546. The molecule has 2 unspecified atom stereocenters. The molecule has 19 heavy (non-hydrogen) atoms. The molecule has 0 radical (unpaired) electrons. The lowest BCUT2D eigenvalue weighted by Crippen LogP contribution is -2.25. The van der Waals surface area contributed by atoms with Gasteiger partial charge in [-0.2, -0.15) is 0 Å². The van der Waals surface area contributed by atoms with Crippen LogP contribution >= 0.6 is 0 Å². The molecule has 0 aromatic carbocycles. The predicted molar refractivity (Wildman–Crippen MR) is 81.9 cm³/mol. The molecule has 0 aliphatic carbocycles. The molecule has 1 aromatic heterocycles. The van der Waals surface area contributed by atoms with Crippen LogP contribution in [0.5, 0.6) is 0 Å². The number of nitrogens with one attached hydrogen (secondary N) is 1. The molecule has 0 bridgehead atoms. The molecule has 0 spiro atoms. The third-order valence-electron chi connectivity index (χ3n) is 2.72. The summed E-state index contributed by atoms with van der Waals surface area (Å²) < 4.78 is 11.2. The van der Waals surface area contributed by atoms with Crippen molar-refractivity contribution in [3.63, 3.8) is 0 Å². The van der Waals surface area contributed by atoms with Gasteiger partial charge in [0.15, 0.2) is 0 Å². The van der Waals surface area contributed by atoms with Gasteiger partial charge in [-0.3, -0.25) is 4.21 Å². The van der Waals surface area contributed by atoms with E-state index < -0.39 is 10.8 Å². The first-order valence-electron chi connectivity index (χ1n) is 6.32. The molecule has 0 aliphatic heterocycles. The molecule has 1 rings (SSSR count). The van der Waals surface area contributed by atoms with Gasteiger partial charge in [-0.15, -0.1) is 0 Å². The van der Waals surface area contributed by atoms with Crippen LogP contribution in [0.25, 0.3) is 0 Å². The lowest BCUT2D eigenvalue weighted by atomic mass is 9.95. The summed E-state index contributed by atoms with van der Waals surface area (Å²) in [5.74, 6) is 2.51. The monoisotopic (exact) mass is 284 g/mol. The van der Waals surface area contributed by atoms with E-state index in [4.69, 9.17) is 5.73 Å². The number of hydrogen-bond donors (Lipinski definition) is 2. The Kier molecular flexibility index (Phi) is 4.90. The molecule has 108 valence electrons. The second-order valence-electron chi connectivity index (χ2n) is 5.94. The average Bonchev–Trinajstić information content (AvgIpc) is 2.21. The van der Waals surface area contributed by atoms with Gasteiger partial charge >= 0.3 is 0 Å². The van der Waals surface area contributed by atoms with E-state index in [0.717, 1.165) is 11.4 Å². The normalized spacial score (nSPS) is 15.1. The third-order valence-corrected chi connectivity index (χ3v) is 3.69. The Bertz CT molecular complexity index is 482. The van der Waals surface area contributed by atoms with Crippen molar-refractivity contribution in [2.75, 3.05) is 23.1 Å². The number of nitrogens with zero attached hydrogens (tertiary/aromatic N) is 2. The van der Waals surface area contributed by atoms with E-state index in [-0.39, 0.29) is 11.5 Å². The van der Waals surface area contributed by atoms with E-state index in [9.17, 15) is 4.21 Å². The quantitative estimate of drug-likeness (QED) is 0.882. The minimum absolute atomic E-state index is 0.0756. The van der Waals surface area contributed by atoms with E-state index in [1.165, 1.54) is 0 Å². The van der Waals surface area contributed by atoms with E-state index in [0.29, 0.717) is 17.4 Å². The van der Waals surface area contributed by atoms with E-state index >= 15 is 0 Å². The van der Waals surface area contributed by atoms with Crippen molar-refractivity contribution in [1.29, 1.82) is 0 Å². The number of hydrogen-bond acceptors (Lipinski definition) is 5. The topological polar surface area (TPSA) is 80.9 Å². The number of nitrogen functional groups attached to an aromatic ring is 1. The number of anilines is 2. The second kappa shape index (κ2) is 5.86. The lowest BCUT2D eigenvalue weighted by Gasteiger charge is -2.21. The summed E-state index contributed by atoms with van der Waals surface area (Å²) in [6, 6.07) is 0.0756. The van der Waals surface area contributed by atoms with Gasteiger partial charge in [-0.05, 0) is 13.8 Å². The zero-order valence-electron chi connectivity index (χ0n) is 12.6. The van der Waals surface area contributed by atoms with Crippen LogP contribution in [0.4, 0.5) is 11.6 Å². The molecule has 0 aliphatic rings. The van der Waals surface area contributed by atoms with Crippen LogP contribution in [-0.4, -0.2) is 32.2 Å². The average molecular weight is 284 g/mol. The zero-order chi connectivity index (χ0) is 14.8. The van der Waals surface area contributed by atoms with Gasteiger partial charge in [0.25, 0.3) is 0 Å². The van der Waals surface area contributed by atoms with E-state index in [2.05, 4.69) is 15.3 Å². The summed E-state index contributed by atoms with van der Waals surface area (Å²) in [7, 11) is -0.841. The van der Waals surface area contributed by atoms with Crippen LogP contribution in [0.2, 0.25) is 0 Å². The summed E-state index contributed by atoms with van der Waals surface area (Å²) in [6.45, 7) is 10.0. The molecule has 0 saturated carbocycles. The highest BCUT2D eigenvalue weighted by molar-refractivity contribution is 7.84. The fraction of sp³-hybridized carbons (Fsp3) is 0.692. The summed E-state index contributed by atoms with van der Waals surface area (Å²) in [5.41, 5.74) is 6.62. The van der Waals surface area contributed by atoms with E-state index in [1.807, 2.05) is 34.6 Å². The van der Waals surface area contributed by atoms with Gasteiger partial charge in [0.2, 0.25) is 0 Å². The van der Waals surface area contributed by atoms with Crippen molar-refractivity contribution < 1.29 is 4.21 Å². The Morgan fingerprint density at radius 2 is 1.95 bits per heavy atom. The van der Waals surface area contributed by atoms with Gasteiger partial charge in [-0.1, -0.05) is 20.8 Å². The summed E-state index contributed by atoms with van der Waals surface area (Å²) >= 11 is 0. The fourth-order valence-corrected chi connectivity index (χ4v) is 2.42. The molecule has 6 heteroatoms. The van der Waals surface area contributed by atoms with E-state index in [1.54, 1.807) is 6.26 Å². The SMILES string of the molecule is Cc1c(N)nc(C(C)(C)C)nc1NC(C)CS(C)=O. The standard InChI is InChI=1S/C13H24N4OS/c1-8(7-19(6)18)15-11-9(2)10(14)16-12(17-11)13(3,4)5/h8H,7H2,1-6H3,(H3,14,15,16,17). The van der Waals surface area contributed by atoms with Crippen molar-refractivity contribution >= 4 is 22.4 Å². The Labute approximate surface area is 117 Å². The largest absolute Gasteiger partial charge is 0.383 e. The third kappa shape index (κ3) is 4.45. The molecule has 3 N–H and O–H groups in total. The Hall–Kier alpha value is -1.17. The Balaban J connectivity index is 3.06. The summed E-state index contributed by atoms with van der Waals surface area (Å²) in [6.07, 6.45) is 1.69. The van der Waals surface area contributed by atoms with Crippen molar-refractivity contribution in [2.24, 2.45) is 0 Å². The predicted octanol–water partition coefficient (Wildman–Crippen LogP) is 1.84. The van der Waals surface area contributed by atoms with Crippen molar-refractivity contribution in [3.8, 4) is 0 Å². The molecule has 0 fully saturated rings. The number of rotatable bonds is 4. The highest BCUT2D eigenvalue weighted by Gasteiger charge is 2.21. The molecule has 5 nitrogen and oxygen atoms in total. The number of aromatic nitrogens is 2. The van der Waals surface area contributed by atoms with Crippen LogP contribution in [-0.2, 0) is 16.2 Å². The number of nitrogens with two attached hydrogens (primary N) is 1. The van der Waals surface area contributed by atoms with Crippen LogP contribution < -0.4 is 11.1 Å². The van der Waals surface area contributed by atoms with Crippen molar-refractivity contribution in [2.45, 2.75) is 46.1 Å². The van der Waals surface area contributed by atoms with Crippen LogP contribution in [0.3, 0.4) is 0 Å². The molecule has 2 atom stereocenters. The minimum atomic E-state index is -0.841. The zero-order valence-corrected chi connectivity index (χ0v) is 13.4. The summed E-state index contributed by atoms with van der Waals surface area (Å²) in [5, 5.41) is 3.27. The second-order valence-corrected chi connectivity index (χ2v) is 7.42. The first kappa shape index (κ1) is 15.9. The first-order valence-corrected chi connectivity index (χ1v) is 8.05. The van der Waals surface area contributed by atoms with Gasteiger partial charge in [0.05, 0.1) is 0 Å². The Morgan fingerprint density at radius 3 is 2.42 bits per heavy atom. The molecule has 0 amide bonds. The molecular weight excluding hydrogens is 260 g/mol. The molecular formula is C13H24N4OS. The molecule has 0 saturated heterocycles. The maximum absolute atomic E-state index is 11.2. The van der Waals surface area contributed by atoms with Gasteiger partial charge < -0.3 is 11.1 Å². The summed E-state index contributed by atoms with van der Waals surface area (Å²) in [4.78, 5) is 8.89. The smallest absolute Gasteiger partial charge is 0.138 e. The minimum Gasteiger partial charge on any atom is -0.383 e. The Morgan fingerprint density at radius 1 is 1.37 bits per heavy atom. The molecule has 1 heterocycles. The van der Waals surface area contributed by atoms with Gasteiger partial charge in [0.1, 0.15) is 17.5 Å². The van der Waals surface area contributed by atoms with Crippen LogP contribution in [0.15, 0.2) is 0 Å². The van der Waals surface area contributed by atoms with Gasteiger partial charge in [0, 0.05) is 39.8 Å². The van der Waals surface area contributed by atoms with Crippen LogP contribution in [0, 0.1) is 6.92 Å². The molecule has 1 aromatic rings.